The highest BCUT2D eigenvalue weighted by Gasteiger charge is 2.03. The predicted molar refractivity (Wildman–Crippen MR) is 52.3 cm³/mol. The lowest BCUT2D eigenvalue weighted by Gasteiger charge is -1.98. The second-order valence-corrected chi connectivity index (χ2v) is 2.41. The molecule has 0 aliphatic heterocycles. The van der Waals surface area contributed by atoms with Crippen molar-refractivity contribution >= 4 is 17.3 Å². The van der Waals surface area contributed by atoms with Crippen LogP contribution in [-0.4, -0.2) is 11.6 Å². The molecule has 0 aliphatic rings. The van der Waals surface area contributed by atoms with Gasteiger partial charge in [-0.15, -0.1) is 0 Å². The number of carbonyl (C=O) groups is 1. The molecule has 0 unspecified atom stereocenters. The lowest BCUT2D eigenvalue weighted by Crippen LogP contribution is -2.22. The van der Waals surface area contributed by atoms with E-state index in [1.165, 1.54) is 0 Å². The molecular formula is C9H8N4O. The molecule has 0 radical (unpaired) electrons. The van der Waals surface area contributed by atoms with E-state index in [0.717, 1.165) is 0 Å². The van der Waals surface area contributed by atoms with Gasteiger partial charge in [0.15, 0.2) is 0 Å². The maximum Gasteiger partial charge on any atom is 0.280 e. The van der Waals surface area contributed by atoms with Crippen molar-refractivity contribution in [1.82, 2.24) is 0 Å². The fraction of sp³-hybridized carbons (Fsp3) is 0. The Labute approximate surface area is 80.8 Å². The van der Waals surface area contributed by atoms with E-state index in [-0.39, 0.29) is 5.71 Å². The summed E-state index contributed by atoms with van der Waals surface area (Å²) < 4.78 is 0. The third-order valence-electron chi connectivity index (χ3n) is 1.41. The smallest absolute Gasteiger partial charge is 0.280 e. The third kappa shape index (κ3) is 2.60. The Bertz CT molecular complexity index is 391. The lowest BCUT2D eigenvalue weighted by molar-refractivity contribution is -0.111. The number of nitrogens with one attached hydrogen (secondary N) is 1. The van der Waals surface area contributed by atoms with E-state index in [2.05, 4.69) is 10.5 Å². The average molecular weight is 188 g/mol. The zero-order valence-corrected chi connectivity index (χ0v) is 7.27. The lowest BCUT2D eigenvalue weighted by atomic mass is 10.3. The SMILES string of the molecule is N#C/C(=N\Nc1ccccc1)C(N)=O. The van der Waals surface area contributed by atoms with Crippen molar-refractivity contribution < 1.29 is 4.79 Å². The maximum atomic E-state index is 10.6. The molecule has 0 aliphatic carbocycles. The number of nitriles is 1. The highest BCUT2D eigenvalue weighted by molar-refractivity contribution is 6.44. The van der Waals surface area contributed by atoms with E-state index < -0.39 is 5.91 Å². The Balaban J connectivity index is 2.73. The summed E-state index contributed by atoms with van der Waals surface area (Å²) in [7, 11) is 0. The molecule has 0 spiro atoms. The fourth-order valence-corrected chi connectivity index (χ4v) is 0.768. The van der Waals surface area contributed by atoms with Crippen LogP contribution in [0.25, 0.3) is 0 Å². The molecule has 0 saturated carbocycles. The Morgan fingerprint density at radius 2 is 2.07 bits per heavy atom. The first kappa shape index (κ1) is 9.74. The summed E-state index contributed by atoms with van der Waals surface area (Å²) in [5, 5.41) is 12.0. The molecule has 5 heteroatoms. The Morgan fingerprint density at radius 1 is 1.43 bits per heavy atom. The Hall–Kier alpha value is -2.35. The summed E-state index contributed by atoms with van der Waals surface area (Å²) >= 11 is 0. The first-order valence-corrected chi connectivity index (χ1v) is 3.82. The van der Waals surface area contributed by atoms with Crippen LogP contribution in [0.3, 0.4) is 0 Å². The van der Waals surface area contributed by atoms with Crippen LogP contribution in [-0.2, 0) is 4.79 Å². The van der Waals surface area contributed by atoms with Gasteiger partial charge in [-0.1, -0.05) is 18.2 Å². The molecular weight excluding hydrogens is 180 g/mol. The third-order valence-corrected chi connectivity index (χ3v) is 1.41. The number of hydrogen-bond acceptors (Lipinski definition) is 4. The largest absolute Gasteiger partial charge is 0.364 e. The minimum Gasteiger partial charge on any atom is -0.364 e. The van der Waals surface area contributed by atoms with Crippen LogP contribution >= 0.6 is 0 Å². The van der Waals surface area contributed by atoms with Gasteiger partial charge in [0, 0.05) is 0 Å². The van der Waals surface area contributed by atoms with Gasteiger partial charge in [0.1, 0.15) is 6.07 Å². The number of nitrogens with zero attached hydrogens (tertiary/aromatic N) is 2. The van der Waals surface area contributed by atoms with Gasteiger partial charge in [0.05, 0.1) is 5.69 Å². The number of primary amides is 1. The number of benzene rings is 1. The summed E-state index contributed by atoms with van der Waals surface area (Å²) in [6.07, 6.45) is 0. The van der Waals surface area contributed by atoms with Crippen LogP contribution in [0.4, 0.5) is 5.69 Å². The Morgan fingerprint density at radius 3 is 2.57 bits per heavy atom. The zero-order valence-electron chi connectivity index (χ0n) is 7.27. The average Bonchev–Trinajstić information content (AvgIpc) is 2.20. The van der Waals surface area contributed by atoms with E-state index in [0.29, 0.717) is 5.69 Å². The van der Waals surface area contributed by atoms with Gasteiger partial charge in [-0.05, 0) is 12.1 Å². The molecule has 0 fully saturated rings. The predicted octanol–water partition coefficient (Wildman–Crippen LogP) is 0.463. The van der Waals surface area contributed by atoms with Gasteiger partial charge in [0.25, 0.3) is 5.91 Å². The number of hydrazone groups is 1. The molecule has 70 valence electrons. The van der Waals surface area contributed by atoms with Crippen molar-refractivity contribution in [3.63, 3.8) is 0 Å². The van der Waals surface area contributed by atoms with Crippen molar-refractivity contribution in [1.29, 1.82) is 5.26 Å². The van der Waals surface area contributed by atoms with Crippen molar-refractivity contribution in [2.75, 3.05) is 5.43 Å². The standard InChI is InChI=1S/C9H8N4O/c10-6-8(9(11)14)13-12-7-4-2-1-3-5-7/h1-5,12H,(H2,11,14)/b13-8+. The summed E-state index contributed by atoms with van der Waals surface area (Å²) in [6.45, 7) is 0. The number of carbonyl (C=O) groups excluding carboxylic acids is 1. The van der Waals surface area contributed by atoms with Crippen LogP contribution < -0.4 is 11.2 Å². The molecule has 0 atom stereocenters. The number of amides is 1. The number of para-hydroxylation sites is 1. The molecule has 0 heterocycles. The van der Waals surface area contributed by atoms with Crippen LogP contribution in [0.2, 0.25) is 0 Å². The van der Waals surface area contributed by atoms with E-state index in [1.807, 2.05) is 6.07 Å². The van der Waals surface area contributed by atoms with Crippen molar-refractivity contribution in [2.45, 2.75) is 0 Å². The number of hydrogen-bond donors (Lipinski definition) is 2. The highest BCUT2D eigenvalue weighted by atomic mass is 16.1. The second-order valence-electron chi connectivity index (χ2n) is 2.41. The van der Waals surface area contributed by atoms with Crippen molar-refractivity contribution in [3.8, 4) is 6.07 Å². The van der Waals surface area contributed by atoms with E-state index in [1.54, 1.807) is 30.3 Å². The zero-order chi connectivity index (χ0) is 10.4. The first-order valence-electron chi connectivity index (χ1n) is 3.82. The molecule has 0 aromatic heterocycles. The highest BCUT2D eigenvalue weighted by Crippen LogP contribution is 2.04. The number of anilines is 1. The topological polar surface area (TPSA) is 91.3 Å². The molecule has 1 rings (SSSR count). The van der Waals surface area contributed by atoms with Crippen molar-refractivity contribution in [2.24, 2.45) is 10.8 Å². The summed E-state index contributed by atoms with van der Waals surface area (Å²) in [5.74, 6) is -0.851. The van der Waals surface area contributed by atoms with E-state index >= 15 is 0 Å². The molecule has 14 heavy (non-hydrogen) atoms. The first-order chi connectivity index (χ1) is 6.74. The molecule has 1 amide bonds. The van der Waals surface area contributed by atoms with Gasteiger partial charge >= 0.3 is 0 Å². The van der Waals surface area contributed by atoms with Crippen LogP contribution in [0, 0.1) is 11.3 Å². The number of nitrogens with two attached hydrogens (primary N) is 1. The normalized spacial score (nSPS) is 10.4. The molecule has 5 nitrogen and oxygen atoms in total. The van der Waals surface area contributed by atoms with E-state index in [9.17, 15) is 4.79 Å². The molecule has 0 saturated heterocycles. The molecule has 3 N–H and O–H groups in total. The van der Waals surface area contributed by atoms with E-state index in [4.69, 9.17) is 11.0 Å². The maximum absolute atomic E-state index is 10.6. The Kier molecular flexibility index (Phi) is 3.21. The number of rotatable bonds is 3. The van der Waals surface area contributed by atoms with Gasteiger partial charge < -0.3 is 5.73 Å². The minimum absolute atomic E-state index is 0.353. The molecule has 0 bridgehead atoms. The molecule has 1 aromatic rings. The monoisotopic (exact) mass is 188 g/mol. The van der Waals surface area contributed by atoms with Crippen LogP contribution in [0.15, 0.2) is 35.4 Å². The quantitative estimate of drug-likeness (QED) is 0.533. The van der Waals surface area contributed by atoms with Gasteiger partial charge in [-0.3, -0.25) is 10.2 Å². The summed E-state index contributed by atoms with van der Waals surface area (Å²) in [5.41, 5.74) is 7.75. The minimum atomic E-state index is -0.851. The second kappa shape index (κ2) is 4.62. The van der Waals surface area contributed by atoms with Crippen LogP contribution in [0.5, 0.6) is 0 Å². The van der Waals surface area contributed by atoms with Gasteiger partial charge in [-0.25, -0.2) is 0 Å². The summed E-state index contributed by atoms with van der Waals surface area (Å²) in [4.78, 5) is 10.6. The van der Waals surface area contributed by atoms with Crippen molar-refractivity contribution in [3.05, 3.63) is 30.3 Å². The van der Waals surface area contributed by atoms with Crippen LogP contribution in [0.1, 0.15) is 0 Å². The molecule has 1 aromatic carbocycles. The van der Waals surface area contributed by atoms with Gasteiger partial charge in [0.2, 0.25) is 5.71 Å². The van der Waals surface area contributed by atoms with Gasteiger partial charge in [-0.2, -0.15) is 10.4 Å². The fourth-order valence-electron chi connectivity index (χ4n) is 0.768. The summed E-state index contributed by atoms with van der Waals surface area (Å²) in [6, 6.07) is 10.5.